The van der Waals surface area contributed by atoms with Crippen LogP contribution >= 0.6 is 0 Å². The fraction of sp³-hybridized carbons (Fsp3) is 0.214. The normalized spacial score (nSPS) is 11.2. The van der Waals surface area contributed by atoms with Crippen LogP contribution in [0.5, 0.6) is 5.88 Å². The van der Waals surface area contributed by atoms with Crippen molar-refractivity contribution in [3.8, 4) is 5.88 Å². The maximum Gasteiger partial charge on any atom is 0.297 e. The van der Waals surface area contributed by atoms with Crippen molar-refractivity contribution in [2.24, 2.45) is 0 Å². The van der Waals surface area contributed by atoms with Crippen molar-refractivity contribution in [2.75, 3.05) is 13.2 Å². The molecule has 0 saturated heterocycles. The molecule has 0 spiro atoms. The Labute approximate surface area is 118 Å². The molecule has 0 unspecified atom stereocenters. The van der Waals surface area contributed by atoms with Crippen LogP contribution in [0.1, 0.15) is 5.56 Å². The van der Waals surface area contributed by atoms with Gasteiger partial charge in [-0.15, -0.1) is 0 Å². The van der Waals surface area contributed by atoms with E-state index in [1.54, 1.807) is 36.5 Å². The fourth-order valence-electron chi connectivity index (χ4n) is 1.50. The Morgan fingerprint density at radius 3 is 2.45 bits per heavy atom. The fourth-order valence-corrected chi connectivity index (χ4v) is 2.39. The topological polar surface area (TPSA) is 65.5 Å². The molecule has 0 atom stereocenters. The summed E-state index contributed by atoms with van der Waals surface area (Å²) in [7, 11) is -3.73. The number of aryl methyl sites for hydroxylation is 1. The lowest BCUT2D eigenvalue weighted by atomic mass is 10.2. The molecular weight excluding hydrogens is 278 g/mol. The molecule has 1 heterocycles. The zero-order chi connectivity index (χ0) is 14.4. The molecule has 0 aliphatic heterocycles. The lowest BCUT2D eigenvalue weighted by Gasteiger charge is -2.07. The maximum absolute atomic E-state index is 11.9. The van der Waals surface area contributed by atoms with E-state index in [1.165, 1.54) is 12.1 Å². The number of hydrogen-bond acceptors (Lipinski definition) is 5. The van der Waals surface area contributed by atoms with Crippen molar-refractivity contribution in [1.82, 2.24) is 4.98 Å². The summed E-state index contributed by atoms with van der Waals surface area (Å²) in [5.41, 5.74) is 0.988. The van der Waals surface area contributed by atoms with E-state index >= 15 is 0 Å². The Hall–Kier alpha value is -1.92. The van der Waals surface area contributed by atoms with E-state index in [1.807, 2.05) is 6.92 Å². The molecule has 0 N–H and O–H groups in total. The molecule has 0 aliphatic rings. The van der Waals surface area contributed by atoms with Gasteiger partial charge < -0.3 is 4.74 Å². The first-order chi connectivity index (χ1) is 9.58. The first kappa shape index (κ1) is 14.5. The average molecular weight is 293 g/mol. The van der Waals surface area contributed by atoms with Crippen LogP contribution in [0, 0.1) is 6.92 Å². The zero-order valence-corrected chi connectivity index (χ0v) is 11.8. The SMILES string of the molecule is Cc1ccc(S(=O)(=O)OCCOc2ccccn2)cc1. The molecule has 106 valence electrons. The maximum atomic E-state index is 11.9. The van der Waals surface area contributed by atoms with Crippen LogP contribution in [0.3, 0.4) is 0 Å². The summed E-state index contributed by atoms with van der Waals surface area (Å²) in [6.07, 6.45) is 1.60. The number of benzene rings is 1. The number of hydrogen-bond donors (Lipinski definition) is 0. The Bertz CT molecular complexity index is 639. The van der Waals surface area contributed by atoms with Crippen LogP contribution in [-0.2, 0) is 14.3 Å². The number of pyridine rings is 1. The number of aromatic nitrogens is 1. The molecular formula is C14H15NO4S. The summed E-state index contributed by atoms with van der Waals surface area (Å²) < 4.78 is 33.9. The van der Waals surface area contributed by atoms with Crippen molar-refractivity contribution in [1.29, 1.82) is 0 Å². The summed E-state index contributed by atoms with van der Waals surface area (Å²) in [5, 5.41) is 0. The van der Waals surface area contributed by atoms with Crippen molar-refractivity contribution in [2.45, 2.75) is 11.8 Å². The van der Waals surface area contributed by atoms with E-state index in [-0.39, 0.29) is 18.1 Å². The molecule has 6 heteroatoms. The molecule has 20 heavy (non-hydrogen) atoms. The van der Waals surface area contributed by atoms with E-state index in [0.29, 0.717) is 5.88 Å². The quantitative estimate of drug-likeness (QED) is 0.603. The van der Waals surface area contributed by atoms with Crippen LogP contribution in [-0.4, -0.2) is 26.6 Å². The van der Waals surface area contributed by atoms with Gasteiger partial charge in [-0.1, -0.05) is 23.8 Å². The van der Waals surface area contributed by atoms with Crippen LogP contribution in [0.25, 0.3) is 0 Å². The Balaban J connectivity index is 1.85. The molecule has 1 aromatic heterocycles. The lowest BCUT2D eigenvalue weighted by molar-refractivity contribution is 0.216. The zero-order valence-electron chi connectivity index (χ0n) is 11.0. The summed E-state index contributed by atoms with van der Waals surface area (Å²) in [6, 6.07) is 11.7. The van der Waals surface area contributed by atoms with Crippen LogP contribution < -0.4 is 4.74 Å². The van der Waals surface area contributed by atoms with Crippen molar-refractivity contribution in [3.63, 3.8) is 0 Å². The smallest absolute Gasteiger partial charge is 0.297 e. The Kier molecular flexibility index (Phi) is 4.70. The van der Waals surface area contributed by atoms with Gasteiger partial charge in [-0.25, -0.2) is 4.98 Å². The van der Waals surface area contributed by atoms with Crippen LogP contribution in [0.2, 0.25) is 0 Å². The van der Waals surface area contributed by atoms with E-state index in [2.05, 4.69) is 4.98 Å². The minimum atomic E-state index is -3.73. The van der Waals surface area contributed by atoms with Gasteiger partial charge in [-0.3, -0.25) is 4.18 Å². The lowest BCUT2D eigenvalue weighted by Crippen LogP contribution is -2.13. The van der Waals surface area contributed by atoms with Crippen LogP contribution in [0.4, 0.5) is 0 Å². The van der Waals surface area contributed by atoms with Gasteiger partial charge in [0.2, 0.25) is 5.88 Å². The van der Waals surface area contributed by atoms with Gasteiger partial charge in [0, 0.05) is 12.3 Å². The second kappa shape index (κ2) is 6.49. The third-order valence-electron chi connectivity index (χ3n) is 2.52. The van der Waals surface area contributed by atoms with E-state index in [9.17, 15) is 8.42 Å². The third-order valence-corrected chi connectivity index (χ3v) is 3.85. The molecule has 0 bridgehead atoms. The highest BCUT2D eigenvalue weighted by Gasteiger charge is 2.14. The Morgan fingerprint density at radius 2 is 1.80 bits per heavy atom. The molecule has 1 aromatic carbocycles. The molecule has 2 rings (SSSR count). The third kappa shape index (κ3) is 4.04. The summed E-state index contributed by atoms with van der Waals surface area (Å²) >= 11 is 0. The van der Waals surface area contributed by atoms with Gasteiger partial charge in [0.1, 0.15) is 13.2 Å². The second-order valence-corrected chi connectivity index (χ2v) is 5.72. The molecule has 0 aliphatic carbocycles. The second-order valence-electron chi connectivity index (χ2n) is 4.11. The predicted molar refractivity (Wildman–Crippen MR) is 74.0 cm³/mol. The number of rotatable bonds is 6. The van der Waals surface area contributed by atoms with Crippen LogP contribution in [0.15, 0.2) is 53.6 Å². The van der Waals surface area contributed by atoms with E-state index in [0.717, 1.165) is 5.56 Å². The molecule has 2 aromatic rings. The van der Waals surface area contributed by atoms with Gasteiger partial charge in [0.15, 0.2) is 0 Å². The van der Waals surface area contributed by atoms with E-state index < -0.39 is 10.1 Å². The largest absolute Gasteiger partial charge is 0.475 e. The van der Waals surface area contributed by atoms with Crippen molar-refractivity contribution >= 4 is 10.1 Å². The van der Waals surface area contributed by atoms with Gasteiger partial charge in [0.05, 0.1) is 4.90 Å². The standard InChI is InChI=1S/C14H15NO4S/c1-12-5-7-13(8-6-12)20(16,17)19-11-10-18-14-4-2-3-9-15-14/h2-9H,10-11H2,1H3. The van der Waals surface area contributed by atoms with Gasteiger partial charge in [-0.2, -0.15) is 8.42 Å². The first-order valence-corrected chi connectivity index (χ1v) is 7.49. The number of ether oxygens (including phenoxy) is 1. The predicted octanol–water partition coefficient (Wildman–Crippen LogP) is 2.17. The summed E-state index contributed by atoms with van der Waals surface area (Å²) in [6.45, 7) is 1.94. The minimum Gasteiger partial charge on any atom is -0.475 e. The molecule has 0 amide bonds. The number of nitrogens with zero attached hydrogens (tertiary/aromatic N) is 1. The molecule has 0 fully saturated rings. The first-order valence-electron chi connectivity index (χ1n) is 6.08. The average Bonchev–Trinajstić information content (AvgIpc) is 2.45. The highest BCUT2D eigenvalue weighted by atomic mass is 32.2. The molecule has 0 saturated carbocycles. The summed E-state index contributed by atoms with van der Waals surface area (Å²) in [4.78, 5) is 4.09. The van der Waals surface area contributed by atoms with Gasteiger partial charge >= 0.3 is 0 Å². The van der Waals surface area contributed by atoms with Crippen molar-refractivity contribution in [3.05, 3.63) is 54.2 Å². The van der Waals surface area contributed by atoms with Gasteiger partial charge in [0.25, 0.3) is 10.1 Å². The monoisotopic (exact) mass is 293 g/mol. The highest BCUT2D eigenvalue weighted by Crippen LogP contribution is 2.13. The molecule has 0 radical (unpaired) electrons. The summed E-state index contributed by atoms with van der Waals surface area (Å²) in [5.74, 6) is 0.434. The minimum absolute atomic E-state index is 0.0627. The molecule has 5 nitrogen and oxygen atoms in total. The van der Waals surface area contributed by atoms with Gasteiger partial charge in [-0.05, 0) is 25.1 Å². The van der Waals surface area contributed by atoms with Crippen molar-refractivity contribution < 1.29 is 17.3 Å². The van der Waals surface area contributed by atoms with E-state index in [4.69, 9.17) is 8.92 Å². The highest BCUT2D eigenvalue weighted by molar-refractivity contribution is 7.86. The Morgan fingerprint density at radius 1 is 1.05 bits per heavy atom.